The first-order valence-corrected chi connectivity index (χ1v) is 7.04. The fourth-order valence-corrected chi connectivity index (χ4v) is 2.67. The summed E-state index contributed by atoms with van der Waals surface area (Å²) >= 11 is 0. The van der Waals surface area contributed by atoms with Crippen LogP contribution in [0.3, 0.4) is 0 Å². The van der Waals surface area contributed by atoms with Gasteiger partial charge in [0.15, 0.2) is 0 Å². The summed E-state index contributed by atoms with van der Waals surface area (Å²) in [6.07, 6.45) is 4.82. The molecule has 0 fully saturated rings. The van der Waals surface area contributed by atoms with Crippen LogP contribution in [0.4, 0.5) is 0 Å². The zero-order valence-electron chi connectivity index (χ0n) is 11.4. The summed E-state index contributed by atoms with van der Waals surface area (Å²) in [5.74, 6) is 2.12. The van der Waals surface area contributed by atoms with Crippen LogP contribution in [0.15, 0.2) is 0 Å². The Hall–Kier alpha value is -0.830. The molecule has 2 heterocycles. The van der Waals surface area contributed by atoms with E-state index in [1.54, 1.807) is 0 Å². The lowest BCUT2D eigenvalue weighted by molar-refractivity contribution is 0.406. The molecule has 0 spiro atoms. The van der Waals surface area contributed by atoms with Gasteiger partial charge in [0.2, 0.25) is 0 Å². The molecule has 0 aliphatic carbocycles. The summed E-state index contributed by atoms with van der Waals surface area (Å²) < 4.78 is 2.48. The summed E-state index contributed by atoms with van der Waals surface area (Å²) in [6, 6.07) is 0. The summed E-state index contributed by atoms with van der Waals surface area (Å²) in [4.78, 5) is 4.85. The summed E-state index contributed by atoms with van der Waals surface area (Å²) in [5, 5.41) is 3.41. The summed E-state index contributed by atoms with van der Waals surface area (Å²) in [6.45, 7) is 9.86. The minimum Gasteiger partial charge on any atom is -0.332 e. The van der Waals surface area contributed by atoms with Crippen molar-refractivity contribution in [3.8, 4) is 0 Å². The van der Waals surface area contributed by atoms with E-state index in [4.69, 9.17) is 4.98 Å². The van der Waals surface area contributed by atoms with Gasteiger partial charge in [0.25, 0.3) is 0 Å². The predicted molar refractivity (Wildman–Crippen MR) is 71.1 cm³/mol. The first-order chi connectivity index (χ1) is 8.26. The van der Waals surface area contributed by atoms with Gasteiger partial charge in [-0.05, 0) is 31.7 Å². The molecule has 1 aliphatic rings. The Morgan fingerprint density at radius 2 is 2.24 bits per heavy atom. The van der Waals surface area contributed by atoms with E-state index in [0.717, 1.165) is 25.4 Å². The highest BCUT2D eigenvalue weighted by Gasteiger charge is 2.22. The van der Waals surface area contributed by atoms with Gasteiger partial charge in [-0.3, -0.25) is 0 Å². The maximum atomic E-state index is 4.85. The van der Waals surface area contributed by atoms with Crippen LogP contribution in [0, 0.1) is 5.92 Å². The highest BCUT2D eigenvalue weighted by molar-refractivity contribution is 5.20. The Balaban J connectivity index is 2.25. The second kappa shape index (κ2) is 5.67. The van der Waals surface area contributed by atoms with Crippen molar-refractivity contribution in [1.29, 1.82) is 0 Å². The van der Waals surface area contributed by atoms with Crippen molar-refractivity contribution in [1.82, 2.24) is 14.9 Å². The molecule has 1 aromatic heterocycles. The van der Waals surface area contributed by atoms with Crippen LogP contribution in [0.25, 0.3) is 0 Å². The second-order valence-electron chi connectivity index (χ2n) is 5.20. The average molecular weight is 235 g/mol. The van der Waals surface area contributed by atoms with Gasteiger partial charge in [-0.25, -0.2) is 4.98 Å². The van der Waals surface area contributed by atoms with Gasteiger partial charge in [-0.2, -0.15) is 0 Å². The Morgan fingerprint density at radius 1 is 1.41 bits per heavy atom. The third-order valence-corrected chi connectivity index (χ3v) is 3.64. The number of hydrogen-bond donors (Lipinski definition) is 1. The Kier molecular flexibility index (Phi) is 4.21. The largest absolute Gasteiger partial charge is 0.332 e. The predicted octanol–water partition coefficient (Wildman–Crippen LogP) is 2.53. The van der Waals surface area contributed by atoms with Gasteiger partial charge in [0.1, 0.15) is 5.82 Å². The molecule has 0 saturated carbocycles. The molecule has 1 aliphatic heterocycles. The molecule has 17 heavy (non-hydrogen) atoms. The van der Waals surface area contributed by atoms with Gasteiger partial charge in [0, 0.05) is 25.2 Å². The SMILES string of the molecule is CCCc1nc(CNCC)c2n1CCC(C)C2. The topological polar surface area (TPSA) is 29.9 Å². The summed E-state index contributed by atoms with van der Waals surface area (Å²) in [7, 11) is 0. The minimum atomic E-state index is 0.814. The van der Waals surface area contributed by atoms with Crippen molar-refractivity contribution >= 4 is 0 Å². The molecule has 1 atom stereocenters. The molecule has 0 amide bonds. The number of fused-ring (bicyclic) bond motifs is 1. The van der Waals surface area contributed by atoms with E-state index in [-0.39, 0.29) is 0 Å². The van der Waals surface area contributed by atoms with Crippen LogP contribution in [0.2, 0.25) is 0 Å². The highest BCUT2D eigenvalue weighted by atomic mass is 15.1. The maximum absolute atomic E-state index is 4.85. The zero-order valence-corrected chi connectivity index (χ0v) is 11.4. The Bertz CT molecular complexity index is 368. The fraction of sp³-hybridized carbons (Fsp3) is 0.786. The number of nitrogens with one attached hydrogen (secondary N) is 1. The first-order valence-electron chi connectivity index (χ1n) is 7.04. The number of nitrogens with zero attached hydrogens (tertiary/aromatic N) is 2. The van der Waals surface area contributed by atoms with E-state index in [9.17, 15) is 0 Å². The van der Waals surface area contributed by atoms with Crippen molar-refractivity contribution in [2.75, 3.05) is 6.54 Å². The molecule has 3 heteroatoms. The Labute approximate surface area is 105 Å². The van der Waals surface area contributed by atoms with Crippen LogP contribution >= 0.6 is 0 Å². The van der Waals surface area contributed by atoms with Crippen LogP contribution in [-0.4, -0.2) is 16.1 Å². The molecule has 0 aromatic carbocycles. The molecular formula is C14H25N3. The van der Waals surface area contributed by atoms with Gasteiger partial charge in [-0.15, -0.1) is 0 Å². The van der Waals surface area contributed by atoms with Crippen LogP contribution < -0.4 is 5.32 Å². The van der Waals surface area contributed by atoms with Gasteiger partial charge in [-0.1, -0.05) is 20.8 Å². The first kappa shape index (κ1) is 12.6. The molecule has 1 unspecified atom stereocenters. The third kappa shape index (κ3) is 2.71. The number of hydrogen-bond acceptors (Lipinski definition) is 2. The smallest absolute Gasteiger partial charge is 0.109 e. The van der Waals surface area contributed by atoms with E-state index in [1.165, 1.54) is 43.0 Å². The normalized spacial score (nSPS) is 19.4. The van der Waals surface area contributed by atoms with Crippen LogP contribution in [-0.2, 0) is 25.9 Å². The van der Waals surface area contributed by atoms with E-state index >= 15 is 0 Å². The highest BCUT2D eigenvalue weighted by Crippen LogP contribution is 2.25. The molecule has 0 saturated heterocycles. The number of aryl methyl sites for hydroxylation is 1. The monoisotopic (exact) mass is 235 g/mol. The van der Waals surface area contributed by atoms with E-state index < -0.39 is 0 Å². The Morgan fingerprint density at radius 3 is 2.94 bits per heavy atom. The molecule has 1 aromatic rings. The lowest BCUT2D eigenvalue weighted by Gasteiger charge is -2.22. The number of rotatable bonds is 5. The molecule has 0 radical (unpaired) electrons. The van der Waals surface area contributed by atoms with Crippen molar-refractivity contribution < 1.29 is 0 Å². The third-order valence-electron chi connectivity index (χ3n) is 3.64. The maximum Gasteiger partial charge on any atom is 0.109 e. The van der Waals surface area contributed by atoms with Crippen molar-refractivity contribution in [2.45, 2.75) is 59.5 Å². The standard InChI is InChI=1S/C14H25N3/c1-4-6-14-16-12(10-15-5-2)13-9-11(3)7-8-17(13)14/h11,15H,4-10H2,1-3H3. The zero-order chi connectivity index (χ0) is 12.3. The van der Waals surface area contributed by atoms with Crippen molar-refractivity contribution in [3.05, 3.63) is 17.2 Å². The van der Waals surface area contributed by atoms with E-state index in [0.29, 0.717) is 0 Å². The van der Waals surface area contributed by atoms with Crippen LogP contribution in [0.5, 0.6) is 0 Å². The minimum absolute atomic E-state index is 0.814. The molecule has 0 bridgehead atoms. The number of imidazole rings is 1. The van der Waals surface area contributed by atoms with Gasteiger partial charge in [0.05, 0.1) is 5.69 Å². The summed E-state index contributed by atoms with van der Waals surface area (Å²) in [5.41, 5.74) is 2.79. The second-order valence-corrected chi connectivity index (χ2v) is 5.20. The average Bonchev–Trinajstić information content (AvgIpc) is 2.65. The fourth-order valence-electron chi connectivity index (χ4n) is 2.67. The molecule has 3 nitrogen and oxygen atoms in total. The number of aromatic nitrogens is 2. The molecule has 96 valence electrons. The lowest BCUT2D eigenvalue weighted by Crippen LogP contribution is -2.20. The quantitative estimate of drug-likeness (QED) is 0.850. The van der Waals surface area contributed by atoms with E-state index in [1.807, 2.05) is 0 Å². The van der Waals surface area contributed by atoms with Crippen molar-refractivity contribution in [3.63, 3.8) is 0 Å². The molecule has 1 N–H and O–H groups in total. The van der Waals surface area contributed by atoms with E-state index in [2.05, 4.69) is 30.7 Å². The van der Waals surface area contributed by atoms with Gasteiger partial charge >= 0.3 is 0 Å². The van der Waals surface area contributed by atoms with Crippen LogP contribution in [0.1, 0.15) is 50.8 Å². The van der Waals surface area contributed by atoms with Crippen molar-refractivity contribution in [2.24, 2.45) is 5.92 Å². The van der Waals surface area contributed by atoms with Gasteiger partial charge < -0.3 is 9.88 Å². The molecular weight excluding hydrogens is 210 g/mol. The lowest BCUT2D eigenvalue weighted by atomic mass is 9.97. The molecule has 2 rings (SSSR count).